The van der Waals surface area contributed by atoms with E-state index in [1.54, 1.807) is 27.3 Å². The minimum atomic E-state index is -3.46. The highest BCUT2D eigenvalue weighted by Gasteiger charge is 2.30. The summed E-state index contributed by atoms with van der Waals surface area (Å²) in [6, 6.07) is 7.32. The Morgan fingerprint density at radius 3 is 2.42 bits per heavy atom. The molecule has 1 amide bonds. The summed E-state index contributed by atoms with van der Waals surface area (Å²) in [6.07, 6.45) is 5.52. The van der Waals surface area contributed by atoms with Crippen LogP contribution in [0.1, 0.15) is 35.7 Å². The highest BCUT2D eigenvalue weighted by atomic mass is 32.2. The van der Waals surface area contributed by atoms with Gasteiger partial charge in [0.2, 0.25) is 15.9 Å². The van der Waals surface area contributed by atoms with Crippen LogP contribution in [0.3, 0.4) is 0 Å². The van der Waals surface area contributed by atoms with Crippen LogP contribution in [0.15, 0.2) is 41.6 Å². The van der Waals surface area contributed by atoms with E-state index in [4.69, 9.17) is 5.73 Å². The van der Waals surface area contributed by atoms with Crippen LogP contribution in [0, 0.1) is 5.92 Å². The third kappa shape index (κ3) is 3.96. The van der Waals surface area contributed by atoms with Gasteiger partial charge in [0.25, 0.3) is 0 Å². The summed E-state index contributed by atoms with van der Waals surface area (Å²) in [6.45, 7) is 3.60. The van der Waals surface area contributed by atoms with Crippen LogP contribution in [-0.2, 0) is 23.0 Å². The Hall–Kier alpha value is -2.19. The van der Waals surface area contributed by atoms with Crippen molar-refractivity contribution in [1.29, 1.82) is 0 Å². The average molecular weight is 376 g/mol. The van der Waals surface area contributed by atoms with Gasteiger partial charge in [0.1, 0.15) is 4.90 Å². The number of aryl methyl sites for hydroxylation is 1. The largest absolute Gasteiger partial charge is 0.366 e. The van der Waals surface area contributed by atoms with Crippen LogP contribution in [0.4, 0.5) is 0 Å². The number of nitrogens with two attached hydrogens (primary N) is 1. The predicted octanol–water partition coefficient (Wildman–Crippen LogP) is 1.65. The number of rotatable bonds is 6. The summed E-state index contributed by atoms with van der Waals surface area (Å²) in [4.78, 5) is 11.4. The molecule has 0 bridgehead atoms. The lowest BCUT2D eigenvalue weighted by atomic mass is 9.91. The van der Waals surface area contributed by atoms with Crippen LogP contribution < -0.4 is 5.73 Å². The molecule has 3 rings (SSSR count). The number of primary amides is 1. The van der Waals surface area contributed by atoms with Crippen molar-refractivity contribution in [3.63, 3.8) is 0 Å². The van der Waals surface area contributed by atoms with Crippen LogP contribution in [0.5, 0.6) is 0 Å². The molecule has 0 spiro atoms. The smallest absolute Gasteiger partial charge is 0.248 e. The number of piperidine rings is 1. The van der Waals surface area contributed by atoms with Gasteiger partial charge >= 0.3 is 0 Å². The Morgan fingerprint density at radius 1 is 1.23 bits per heavy atom. The van der Waals surface area contributed by atoms with Gasteiger partial charge in [-0.05, 0) is 49.8 Å². The molecule has 1 aliphatic rings. The topological polar surface area (TPSA) is 98.3 Å². The lowest BCUT2D eigenvalue weighted by molar-refractivity contribution is 0.100. The first-order valence-electron chi connectivity index (χ1n) is 8.81. The van der Waals surface area contributed by atoms with Gasteiger partial charge in [-0.2, -0.15) is 9.40 Å². The Balaban J connectivity index is 1.59. The summed E-state index contributed by atoms with van der Waals surface area (Å²) < 4.78 is 28.6. The Labute approximate surface area is 153 Å². The number of aromatic nitrogens is 2. The van der Waals surface area contributed by atoms with E-state index in [1.807, 2.05) is 19.1 Å². The molecule has 1 aromatic carbocycles. The molecule has 2 N–H and O–H groups in total. The van der Waals surface area contributed by atoms with Crippen molar-refractivity contribution in [3.05, 3.63) is 47.8 Å². The Bertz CT molecular complexity index is 866. The van der Waals surface area contributed by atoms with Gasteiger partial charge in [-0.15, -0.1) is 0 Å². The van der Waals surface area contributed by atoms with E-state index in [-0.39, 0.29) is 4.90 Å². The van der Waals surface area contributed by atoms with Gasteiger partial charge in [-0.25, -0.2) is 8.42 Å². The van der Waals surface area contributed by atoms with Gasteiger partial charge in [0.05, 0.1) is 6.20 Å². The fourth-order valence-electron chi connectivity index (χ4n) is 3.29. The molecule has 0 unspecified atom stereocenters. The van der Waals surface area contributed by atoms with Gasteiger partial charge in [-0.1, -0.05) is 12.1 Å². The van der Waals surface area contributed by atoms with Crippen molar-refractivity contribution in [2.24, 2.45) is 11.7 Å². The van der Waals surface area contributed by atoms with Crippen molar-refractivity contribution in [2.75, 3.05) is 13.1 Å². The average Bonchev–Trinajstić information content (AvgIpc) is 3.13. The third-order valence-corrected chi connectivity index (χ3v) is 6.76. The second-order valence-electron chi connectivity index (χ2n) is 6.64. The van der Waals surface area contributed by atoms with E-state index >= 15 is 0 Å². The SMILES string of the molecule is CCn1cc(S(=O)(=O)N2CCC(Cc3ccc(C(N)=O)cc3)CC2)cn1. The monoisotopic (exact) mass is 376 g/mol. The van der Waals surface area contributed by atoms with Crippen molar-refractivity contribution in [2.45, 2.75) is 37.6 Å². The molecular formula is C18H24N4O3S. The molecule has 0 atom stereocenters. The van der Waals surface area contributed by atoms with Crippen molar-refractivity contribution >= 4 is 15.9 Å². The molecule has 2 heterocycles. The molecule has 7 nitrogen and oxygen atoms in total. The zero-order valence-corrected chi connectivity index (χ0v) is 15.7. The third-order valence-electron chi connectivity index (χ3n) is 4.91. The molecule has 0 saturated carbocycles. The fraction of sp³-hybridized carbons (Fsp3) is 0.444. The van der Waals surface area contributed by atoms with E-state index in [0.29, 0.717) is 31.1 Å². The predicted molar refractivity (Wildman–Crippen MR) is 98.0 cm³/mol. The number of amides is 1. The molecule has 0 radical (unpaired) electrons. The van der Waals surface area contributed by atoms with Gasteiger partial charge < -0.3 is 5.73 Å². The molecule has 8 heteroatoms. The number of hydrogen-bond donors (Lipinski definition) is 1. The Morgan fingerprint density at radius 2 is 1.88 bits per heavy atom. The number of nitrogens with zero attached hydrogens (tertiary/aromatic N) is 3. The normalized spacial score (nSPS) is 16.7. The summed E-state index contributed by atoms with van der Waals surface area (Å²) >= 11 is 0. The lowest BCUT2D eigenvalue weighted by Crippen LogP contribution is -2.38. The van der Waals surface area contributed by atoms with Crippen molar-refractivity contribution in [3.8, 4) is 0 Å². The minimum absolute atomic E-state index is 0.264. The number of hydrogen-bond acceptors (Lipinski definition) is 4. The van der Waals surface area contributed by atoms with Gasteiger partial charge in [0, 0.05) is 31.4 Å². The fourth-order valence-corrected chi connectivity index (χ4v) is 4.72. The lowest BCUT2D eigenvalue weighted by Gasteiger charge is -2.31. The quantitative estimate of drug-likeness (QED) is 0.829. The first-order chi connectivity index (χ1) is 12.4. The Kier molecular flexibility index (Phi) is 5.43. The summed E-state index contributed by atoms with van der Waals surface area (Å²) in [5.74, 6) is 0.000651. The molecule has 2 aromatic rings. The van der Waals surface area contributed by atoms with Crippen LogP contribution in [0.25, 0.3) is 0 Å². The zero-order chi connectivity index (χ0) is 18.7. The van der Waals surface area contributed by atoms with Crippen LogP contribution in [-0.4, -0.2) is 41.5 Å². The highest BCUT2D eigenvalue weighted by molar-refractivity contribution is 7.89. The van der Waals surface area contributed by atoms with Gasteiger partial charge in [0.15, 0.2) is 0 Å². The molecule has 1 aliphatic heterocycles. The number of carbonyl (C=O) groups is 1. The van der Waals surface area contributed by atoms with E-state index in [1.165, 1.54) is 6.20 Å². The maximum Gasteiger partial charge on any atom is 0.248 e. The maximum atomic E-state index is 12.7. The molecule has 26 heavy (non-hydrogen) atoms. The summed E-state index contributed by atoms with van der Waals surface area (Å²) in [5, 5.41) is 4.06. The number of benzene rings is 1. The second-order valence-corrected chi connectivity index (χ2v) is 8.58. The first-order valence-corrected chi connectivity index (χ1v) is 10.3. The van der Waals surface area contributed by atoms with E-state index in [9.17, 15) is 13.2 Å². The minimum Gasteiger partial charge on any atom is -0.366 e. The molecule has 0 aliphatic carbocycles. The molecular weight excluding hydrogens is 352 g/mol. The molecule has 1 fully saturated rings. The molecule has 140 valence electrons. The van der Waals surface area contributed by atoms with E-state index < -0.39 is 15.9 Å². The van der Waals surface area contributed by atoms with E-state index in [2.05, 4.69) is 5.10 Å². The van der Waals surface area contributed by atoms with Gasteiger partial charge in [-0.3, -0.25) is 9.48 Å². The van der Waals surface area contributed by atoms with Crippen molar-refractivity contribution in [1.82, 2.24) is 14.1 Å². The number of sulfonamides is 1. The summed E-state index contributed by atoms with van der Waals surface area (Å²) in [5.41, 5.74) is 6.90. The maximum absolute atomic E-state index is 12.7. The number of carbonyl (C=O) groups excluding carboxylic acids is 1. The van der Waals surface area contributed by atoms with Crippen molar-refractivity contribution < 1.29 is 13.2 Å². The second kappa shape index (κ2) is 7.59. The first kappa shape index (κ1) is 18.6. The summed E-state index contributed by atoms with van der Waals surface area (Å²) in [7, 11) is -3.46. The van der Waals surface area contributed by atoms with Crippen LogP contribution in [0.2, 0.25) is 0 Å². The molecule has 1 saturated heterocycles. The van der Waals surface area contributed by atoms with E-state index in [0.717, 1.165) is 24.8 Å². The highest BCUT2D eigenvalue weighted by Crippen LogP contribution is 2.26. The van der Waals surface area contributed by atoms with Crippen LogP contribution >= 0.6 is 0 Å². The molecule has 1 aromatic heterocycles. The zero-order valence-electron chi connectivity index (χ0n) is 14.8. The standard InChI is InChI=1S/C18H24N4O3S/c1-2-21-13-17(12-20-21)26(24,25)22-9-7-15(8-10-22)11-14-3-5-16(6-4-14)18(19)23/h3-6,12-13,15H,2,7-11H2,1H3,(H2,19,23).